The number of rotatable bonds is 2. The molecule has 0 radical (unpaired) electrons. The van der Waals surface area contributed by atoms with Gasteiger partial charge in [-0.25, -0.2) is 4.98 Å². The molecule has 15 heavy (non-hydrogen) atoms. The molecule has 0 aliphatic rings. The molecule has 0 bridgehead atoms. The van der Waals surface area contributed by atoms with Crippen molar-refractivity contribution in [1.82, 2.24) is 4.98 Å². The molecule has 2 N–H and O–H groups in total. The fourth-order valence-electron chi connectivity index (χ4n) is 1.21. The van der Waals surface area contributed by atoms with Gasteiger partial charge in [-0.3, -0.25) is 0 Å². The van der Waals surface area contributed by atoms with Gasteiger partial charge in [0.1, 0.15) is 5.75 Å². The van der Waals surface area contributed by atoms with E-state index in [1.165, 1.54) is 0 Å². The van der Waals surface area contributed by atoms with Gasteiger partial charge in [0.25, 0.3) is 0 Å². The minimum absolute atomic E-state index is 0.563. The van der Waals surface area contributed by atoms with Crippen molar-refractivity contribution in [1.29, 1.82) is 0 Å². The van der Waals surface area contributed by atoms with Crippen molar-refractivity contribution in [3.8, 4) is 11.6 Å². The van der Waals surface area contributed by atoms with Gasteiger partial charge in [0.05, 0.1) is 11.4 Å². The summed E-state index contributed by atoms with van der Waals surface area (Å²) in [6, 6.07) is 13.1. The summed E-state index contributed by atoms with van der Waals surface area (Å²) < 4.78 is 5.55. The molecular formula is C12H12N2O. The van der Waals surface area contributed by atoms with Crippen LogP contribution in [0.1, 0.15) is 5.69 Å². The summed E-state index contributed by atoms with van der Waals surface area (Å²) in [5.74, 6) is 1.34. The van der Waals surface area contributed by atoms with Crippen LogP contribution in [0.3, 0.4) is 0 Å². The van der Waals surface area contributed by atoms with Gasteiger partial charge in [0.15, 0.2) is 0 Å². The van der Waals surface area contributed by atoms with E-state index in [9.17, 15) is 0 Å². The number of pyridine rings is 1. The van der Waals surface area contributed by atoms with Crippen molar-refractivity contribution in [2.75, 3.05) is 5.73 Å². The number of ether oxygens (including phenoxy) is 1. The van der Waals surface area contributed by atoms with Crippen LogP contribution in [0.2, 0.25) is 0 Å². The van der Waals surface area contributed by atoms with Gasteiger partial charge in [0.2, 0.25) is 5.88 Å². The molecule has 0 aliphatic heterocycles. The van der Waals surface area contributed by atoms with Crippen molar-refractivity contribution in [2.24, 2.45) is 0 Å². The van der Waals surface area contributed by atoms with Crippen molar-refractivity contribution < 1.29 is 4.74 Å². The largest absolute Gasteiger partial charge is 0.439 e. The number of aryl methyl sites for hydroxylation is 1. The normalized spacial score (nSPS) is 9.93. The van der Waals surface area contributed by atoms with Crippen LogP contribution in [0.5, 0.6) is 11.6 Å². The molecule has 0 unspecified atom stereocenters. The Balaban J connectivity index is 2.22. The fourth-order valence-corrected chi connectivity index (χ4v) is 1.21. The SMILES string of the molecule is Cc1nc(Oc2ccccc2)ccc1N. The summed E-state index contributed by atoms with van der Waals surface area (Å²) in [7, 11) is 0. The third-order valence-electron chi connectivity index (χ3n) is 2.07. The number of anilines is 1. The molecule has 76 valence electrons. The molecule has 0 atom stereocenters. The zero-order valence-electron chi connectivity index (χ0n) is 8.47. The van der Waals surface area contributed by atoms with Gasteiger partial charge in [-0.1, -0.05) is 18.2 Å². The monoisotopic (exact) mass is 200 g/mol. The number of hydrogen-bond acceptors (Lipinski definition) is 3. The van der Waals surface area contributed by atoms with Gasteiger partial charge >= 0.3 is 0 Å². The highest BCUT2D eigenvalue weighted by atomic mass is 16.5. The second-order valence-electron chi connectivity index (χ2n) is 3.24. The van der Waals surface area contributed by atoms with Gasteiger partial charge < -0.3 is 10.5 Å². The molecule has 0 saturated carbocycles. The van der Waals surface area contributed by atoms with Crippen LogP contribution >= 0.6 is 0 Å². The number of nitrogen functional groups attached to an aromatic ring is 1. The maximum absolute atomic E-state index is 5.66. The first-order valence-corrected chi connectivity index (χ1v) is 4.72. The lowest BCUT2D eigenvalue weighted by Gasteiger charge is -2.05. The summed E-state index contributed by atoms with van der Waals surface area (Å²) in [5, 5.41) is 0. The molecule has 2 rings (SSSR count). The Bertz CT molecular complexity index is 454. The Labute approximate surface area is 88.5 Å². The maximum atomic E-state index is 5.66. The minimum atomic E-state index is 0.563. The molecule has 3 heteroatoms. The summed E-state index contributed by atoms with van der Waals surface area (Å²) in [6.07, 6.45) is 0. The molecule has 1 aromatic carbocycles. The van der Waals surface area contributed by atoms with Gasteiger partial charge in [-0.15, -0.1) is 0 Å². The Morgan fingerprint density at radius 2 is 1.80 bits per heavy atom. The topological polar surface area (TPSA) is 48.1 Å². The molecule has 0 aliphatic carbocycles. The predicted molar refractivity (Wildman–Crippen MR) is 59.9 cm³/mol. The van der Waals surface area contributed by atoms with Crippen LogP contribution in [0.15, 0.2) is 42.5 Å². The number of benzene rings is 1. The first-order chi connectivity index (χ1) is 7.25. The van der Waals surface area contributed by atoms with E-state index in [1.807, 2.05) is 37.3 Å². The lowest BCUT2D eigenvalue weighted by molar-refractivity contribution is 0.462. The Morgan fingerprint density at radius 3 is 2.47 bits per heavy atom. The third kappa shape index (κ3) is 2.26. The van der Waals surface area contributed by atoms with Gasteiger partial charge in [-0.05, 0) is 25.1 Å². The van der Waals surface area contributed by atoms with Crippen molar-refractivity contribution in [3.63, 3.8) is 0 Å². The van der Waals surface area contributed by atoms with Crippen molar-refractivity contribution in [2.45, 2.75) is 6.92 Å². The average molecular weight is 200 g/mol. The van der Waals surface area contributed by atoms with Crippen molar-refractivity contribution >= 4 is 5.69 Å². The fraction of sp³-hybridized carbons (Fsp3) is 0.0833. The molecule has 3 nitrogen and oxygen atoms in total. The van der Waals surface area contributed by atoms with E-state index in [4.69, 9.17) is 10.5 Å². The molecule has 0 fully saturated rings. The zero-order valence-corrected chi connectivity index (χ0v) is 8.47. The van der Waals surface area contributed by atoms with E-state index >= 15 is 0 Å². The zero-order chi connectivity index (χ0) is 10.7. The van der Waals surface area contributed by atoms with Gasteiger partial charge in [0, 0.05) is 6.07 Å². The minimum Gasteiger partial charge on any atom is -0.439 e. The highest BCUT2D eigenvalue weighted by Gasteiger charge is 2.00. The smallest absolute Gasteiger partial charge is 0.219 e. The Hall–Kier alpha value is -2.03. The maximum Gasteiger partial charge on any atom is 0.219 e. The molecule has 0 spiro atoms. The lowest BCUT2D eigenvalue weighted by Crippen LogP contribution is -1.94. The molecule has 1 heterocycles. The van der Waals surface area contributed by atoms with Crippen LogP contribution in [-0.4, -0.2) is 4.98 Å². The molecule has 2 aromatic rings. The van der Waals surface area contributed by atoms with E-state index in [0.717, 1.165) is 11.4 Å². The molecule has 0 amide bonds. The number of para-hydroxylation sites is 1. The first kappa shape index (κ1) is 9.52. The first-order valence-electron chi connectivity index (χ1n) is 4.72. The second kappa shape index (κ2) is 4.00. The Morgan fingerprint density at radius 1 is 1.07 bits per heavy atom. The van der Waals surface area contributed by atoms with Crippen LogP contribution in [-0.2, 0) is 0 Å². The third-order valence-corrected chi connectivity index (χ3v) is 2.07. The molecule has 0 saturated heterocycles. The Kier molecular flexibility index (Phi) is 2.54. The number of nitrogens with zero attached hydrogens (tertiary/aromatic N) is 1. The van der Waals surface area contributed by atoms with E-state index in [0.29, 0.717) is 11.6 Å². The predicted octanol–water partition coefficient (Wildman–Crippen LogP) is 2.76. The summed E-state index contributed by atoms with van der Waals surface area (Å²) in [5.41, 5.74) is 7.12. The van der Waals surface area contributed by atoms with Crippen LogP contribution in [0.4, 0.5) is 5.69 Å². The molecule has 1 aromatic heterocycles. The number of aromatic nitrogens is 1. The average Bonchev–Trinajstić information content (AvgIpc) is 2.25. The number of hydrogen-bond donors (Lipinski definition) is 1. The van der Waals surface area contributed by atoms with Gasteiger partial charge in [-0.2, -0.15) is 0 Å². The summed E-state index contributed by atoms with van der Waals surface area (Å²) in [6.45, 7) is 1.85. The van der Waals surface area contributed by atoms with Crippen LogP contribution in [0.25, 0.3) is 0 Å². The van der Waals surface area contributed by atoms with Crippen molar-refractivity contribution in [3.05, 3.63) is 48.2 Å². The summed E-state index contributed by atoms with van der Waals surface area (Å²) >= 11 is 0. The van der Waals surface area contributed by atoms with E-state index in [-0.39, 0.29) is 0 Å². The van der Waals surface area contributed by atoms with Crippen LogP contribution in [0, 0.1) is 6.92 Å². The standard InChI is InChI=1S/C12H12N2O/c1-9-11(13)7-8-12(14-9)15-10-5-3-2-4-6-10/h2-8H,13H2,1H3. The van der Waals surface area contributed by atoms with E-state index in [1.54, 1.807) is 12.1 Å². The highest BCUT2D eigenvalue weighted by molar-refractivity contribution is 5.44. The second-order valence-corrected chi connectivity index (χ2v) is 3.24. The van der Waals surface area contributed by atoms with E-state index < -0.39 is 0 Å². The lowest BCUT2D eigenvalue weighted by atomic mass is 10.3. The highest BCUT2D eigenvalue weighted by Crippen LogP contribution is 2.20. The van der Waals surface area contributed by atoms with Crippen LogP contribution < -0.4 is 10.5 Å². The molecular weight excluding hydrogens is 188 g/mol. The quantitative estimate of drug-likeness (QED) is 0.810. The number of nitrogens with two attached hydrogens (primary N) is 1. The van der Waals surface area contributed by atoms with E-state index in [2.05, 4.69) is 4.98 Å². The summed E-state index contributed by atoms with van der Waals surface area (Å²) in [4.78, 5) is 4.22.